The summed E-state index contributed by atoms with van der Waals surface area (Å²) in [5.41, 5.74) is 1.41. The van der Waals surface area contributed by atoms with E-state index in [-0.39, 0.29) is 0 Å². The fourth-order valence-corrected chi connectivity index (χ4v) is 0.838. The van der Waals surface area contributed by atoms with Gasteiger partial charge in [-0.2, -0.15) is 0 Å². The Morgan fingerprint density at radius 1 is 0.647 bits per heavy atom. The molecule has 1 aromatic rings. The first-order chi connectivity index (χ1) is 8.04. The molecular weight excluding hydrogens is 204 g/mol. The Balaban J connectivity index is -0.000000208. The summed E-state index contributed by atoms with van der Waals surface area (Å²) in [6.07, 6.45) is 0. The van der Waals surface area contributed by atoms with Gasteiger partial charge in [-0.25, -0.2) is 0 Å². The molecule has 0 saturated carbocycles. The Morgan fingerprint density at radius 3 is 1.12 bits per heavy atom. The topological polar surface area (TPSA) is 0 Å². The predicted octanol–water partition coefficient (Wildman–Crippen LogP) is 6.52. The summed E-state index contributed by atoms with van der Waals surface area (Å²) >= 11 is 0. The van der Waals surface area contributed by atoms with Crippen molar-refractivity contribution in [1.82, 2.24) is 0 Å². The smallest absolute Gasteiger partial charge is 0.0219 e. The second-order valence-corrected chi connectivity index (χ2v) is 4.30. The third kappa shape index (κ3) is 21.1. The zero-order valence-corrected chi connectivity index (χ0v) is 13.5. The SMILES string of the molecule is CC.CC.CC(C)C.CC(C)c1ccccc1. The molecule has 0 spiro atoms. The molecule has 0 fully saturated rings. The monoisotopic (exact) mass is 238 g/mol. The van der Waals surface area contributed by atoms with Crippen LogP contribution in [0, 0.1) is 5.92 Å². The average molecular weight is 238 g/mol. The highest BCUT2D eigenvalue weighted by Gasteiger charge is 1.93. The van der Waals surface area contributed by atoms with Crippen molar-refractivity contribution >= 4 is 0 Å². The van der Waals surface area contributed by atoms with E-state index in [2.05, 4.69) is 58.9 Å². The van der Waals surface area contributed by atoms with Gasteiger partial charge in [0.2, 0.25) is 0 Å². The van der Waals surface area contributed by atoms with Crippen LogP contribution in [0.25, 0.3) is 0 Å². The minimum Gasteiger partial charge on any atom is -0.0683 e. The lowest BCUT2D eigenvalue weighted by Gasteiger charge is -2.01. The maximum Gasteiger partial charge on any atom is -0.0219 e. The molecule has 0 N–H and O–H groups in total. The van der Waals surface area contributed by atoms with Crippen LogP contribution in [0.4, 0.5) is 0 Å². The summed E-state index contributed by atoms with van der Waals surface area (Å²) in [5, 5.41) is 0. The van der Waals surface area contributed by atoms with Crippen LogP contribution in [0.5, 0.6) is 0 Å². The zero-order valence-electron chi connectivity index (χ0n) is 13.5. The molecule has 0 unspecified atom stereocenters. The van der Waals surface area contributed by atoms with Crippen molar-refractivity contribution in [2.24, 2.45) is 5.92 Å². The largest absolute Gasteiger partial charge is 0.0683 e. The Bertz CT molecular complexity index is 194. The minimum absolute atomic E-state index is 0.659. The van der Waals surface area contributed by atoms with E-state index < -0.39 is 0 Å². The molecule has 0 aromatic heterocycles. The van der Waals surface area contributed by atoms with Crippen molar-refractivity contribution in [2.75, 3.05) is 0 Å². The molecule has 1 aromatic carbocycles. The van der Waals surface area contributed by atoms with Gasteiger partial charge in [0.25, 0.3) is 0 Å². The van der Waals surface area contributed by atoms with E-state index in [9.17, 15) is 0 Å². The van der Waals surface area contributed by atoms with Crippen LogP contribution in [-0.2, 0) is 0 Å². The fourth-order valence-electron chi connectivity index (χ4n) is 0.838. The normalized spacial score (nSPS) is 8.18. The third-order valence-corrected chi connectivity index (χ3v) is 1.47. The van der Waals surface area contributed by atoms with Gasteiger partial charge < -0.3 is 0 Å². The number of rotatable bonds is 1. The fraction of sp³-hybridized carbons (Fsp3) is 0.647. The van der Waals surface area contributed by atoms with Gasteiger partial charge in [0.1, 0.15) is 0 Å². The summed E-state index contributed by atoms with van der Waals surface area (Å²) in [5.74, 6) is 1.49. The highest BCUT2D eigenvalue weighted by Crippen LogP contribution is 2.11. The Kier molecular flexibility index (Phi) is 22.3. The number of hydrogen-bond donors (Lipinski definition) is 0. The van der Waals surface area contributed by atoms with Gasteiger partial charge in [-0.3, -0.25) is 0 Å². The molecule has 0 heterocycles. The van der Waals surface area contributed by atoms with Crippen LogP contribution < -0.4 is 0 Å². The molecule has 102 valence electrons. The molecule has 0 amide bonds. The zero-order chi connectivity index (χ0) is 14.3. The van der Waals surface area contributed by atoms with Crippen LogP contribution in [0.2, 0.25) is 0 Å². The summed E-state index contributed by atoms with van der Waals surface area (Å²) < 4.78 is 0. The average Bonchev–Trinajstić information content (AvgIpc) is 2.34. The Hall–Kier alpha value is -0.780. The molecule has 0 bridgehead atoms. The van der Waals surface area contributed by atoms with E-state index in [4.69, 9.17) is 0 Å². The first kappa shape index (κ1) is 21.5. The molecule has 0 saturated heterocycles. The summed E-state index contributed by atoms with van der Waals surface area (Å²) in [7, 11) is 0. The van der Waals surface area contributed by atoms with Crippen LogP contribution in [0.1, 0.15) is 73.8 Å². The first-order valence-corrected chi connectivity index (χ1v) is 7.09. The van der Waals surface area contributed by atoms with E-state index >= 15 is 0 Å². The summed E-state index contributed by atoms with van der Waals surface area (Å²) in [4.78, 5) is 0. The molecule has 0 radical (unpaired) electrons. The minimum atomic E-state index is 0.659. The van der Waals surface area contributed by atoms with E-state index in [1.807, 2.05) is 33.8 Å². The molecule has 0 nitrogen and oxygen atoms in total. The quantitative estimate of drug-likeness (QED) is 0.522. The van der Waals surface area contributed by atoms with Crippen molar-refractivity contribution in [1.29, 1.82) is 0 Å². The van der Waals surface area contributed by atoms with Crippen molar-refractivity contribution in [3.05, 3.63) is 35.9 Å². The van der Waals surface area contributed by atoms with Crippen molar-refractivity contribution in [3.63, 3.8) is 0 Å². The lowest BCUT2D eigenvalue weighted by atomic mass is 10.0. The number of hydrogen-bond acceptors (Lipinski definition) is 0. The molecular formula is C17H34. The van der Waals surface area contributed by atoms with Gasteiger partial charge in [0.15, 0.2) is 0 Å². The Labute approximate surface area is 110 Å². The molecule has 0 heteroatoms. The molecule has 0 aliphatic carbocycles. The van der Waals surface area contributed by atoms with E-state index in [1.165, 1.54) is 5.56 Å². The van der Waals surface area contributed by atoms with Gasteiger partial charge >= 0.3 is 0 Å². The van der Waals surface area contributed by atoms with Crippen molar-refractivity contribution < 1.29 is 0 Å². The lowest BCUT2D eigenvalue weighted by Crippen LogP contribution is -1.83. The van der Waals surface area contributed by atoms with Crippen molar-refractivity contribution in [3.8, 4) is 0 Å². The molecule has 0 atom stereocenters. The van der Waals surface area contributed by atoms with Crippen LogP contribution >= 0.6 is 0 Å². The summed E-state index contributed by atoms with van der Waals surface area (Å²) in [6, 6.07) is 10.5. The van der Waals surface area contributed by atoms with Gasteiger partial charge in [-0.05, 0) is 17.4 Å². The predicted molar refractivity (Wildman–Crippen MR) is 83.7 cm³/mol. The molecule has 1 rings (SSSR count). The first-order valence-electron chi connectivity index (χ1n) is 7.09. The summed E-state index contributed by atoms with van der Waals surface area (Å²) in [6.45, 7) is 18.9. The molecule has 0 aliphatic heterocycles. The van der Waals surface area contributed by atoms with E-state index in [0.29, 0.717) is 5.92 Å². The van der Waals surface area contributed by atoms with Crippen LogP contribution in [0.3, 0.4) is 0 Å². The van der Waals surface area contributed by atoms with Crippen LogP contribution in [-0.4, -0.2) is 0 Å². The Morgan fingerprint density at radius 2 is 0.941 bits per heavy atom. The lowest BCUT2D eigenvalue weighted by molar-refractivity contribution is 0.737. The third-order valence-electron chi connectivity index (χ3n) is 1.47. The van der Waals surface area contributed by atoms with Gasteiger partial charge in [0, 0.05) is 0 Å². The highest BCUT2D eigenvalue weighted by atomic mass is 14.0. The van der Waals surface area contributed by atoms with Gasteiger partial charge in [0.05, 0.1) is 0 Å². The molecule has 17 heavy (non-hydrogen) atoms. The standard InChI is InChI=1S/C9H12.C4H10.2C2H6/c1-8(2)9-6-4-3-5-7-9;1-4(2)3;2*1-2/h3-8H,1-2H3;4H,1-3H3;2*1-2H3. The van der Waals surface area contributed by atoms with E-state index in [0.717, 1.165) is 5.92 Å². The second kappa shape index (κ2) is 17.6. The van der Waals surface area contributed by atoms with Gasteiger partial charge in [-0.15, -0.1) is 0 Å². The van der Waals surface area contributed by atoms with Gasteiger partial charge in [-0.1, -0.05) is 92.6 Å². The van der Waals surface area contributed by atoms with Crippen LogP contribution in [0.15, 0.2) is 30.3 Å². The maximum absolute atomic E-state index is 2.20. The van der Waals surface area contributed by atoms with E-state index in [1.54, 1.807) is 0 Å². The molecule has 0 aliphatic rings. The highest BCUT2D eigenvalue weighted by molar-refractivity contribution is 5.17. The number of benzene rings is 1. The van der Waals surface area contributed by atoms with Crippen molar-refractivity contribution in [2.45, 2.75) is 68.2 Å². The maximum atomic E-state index is 2.20. The second-order valence-electron chi connectivity index (χ2n) is 4.30.